The largest absolute Gasteiger partial charge is 0.334 e. The summed E-state index contributed by atoms with van der Waals surface area (Å²) < 4.78 is 0. The van der Waals surface area contributed by atoms with E-state index >= 15 is 0 Å². The normalized spacial score (nSPS) is 22.4. The minimum Gasteiger partial charge on any atom is -0.334 e. The Morgan fingerprint density at radius 1 is 0.374 bits per heavy atom. The maximum Gasteiger partial charge on any atom is 0.252 e. The van der Waals surface area contributed by atoms with Crippen molar-refractivity contribution < 1.29 is 0 Å². The van der Waals surface area contributed by atoms with E-state index in [1.165, 1.54) is 158 Å². The molecule has 0 N–H and O–H groups in total. The standard InChI is InChI=1S/C87H94BN3/c1-53-41-66-67(85(15,16)61-34-26-25-33-60(61)84(66,13)14)50-73(53)90-75-49-65-63(81(7,8)52-83(65,11)12)47-70(75)88-69-46-62-64(82(9,10)51-80(62,5)6)48-74(69)89(71-38-36-57(79(2,3)4)43-59(71)55-31-23-20-24-32-55)76-44-58(45-77(90)78(76)88)91-72-37-35-56(54-29-21-19-22-30-54)42-68(72)86(17)39-27-28-40-87(86,91)18/h19-26,29-38,41-50H,27-28,39-40,51-52H2,1-18H3. The second-order valence-corrected chi connectivity index (χ2v) is 34.4. The zero-order valence-electron chi connectivity index (χ0n) is 57.8. The van der Waals surface area contributed by atoms with Crippen LogP contribution in [0.25, 0.3) is 22.3 Å². The molecular formula is C87H94BN3. The van der Waals surface area contributed by atoms with Gasteiger partial charge in [0.15, 0.2) is 0 Å². The van der Waals surface area contributed by atoms with Crippen LogP contribution in [0, 0.1) is 6.92 Å². The molecule has 460 valence electrons. The Bertz CT molecular complexity index is 4580. The van der Waals surface area contributed by atoms with E-state index < -0.39 is 0 Å². The molecule has 4 heteroatoms. The Hall–Kier alpha value is -7.56. The Morgan fingerprint density at radius 2 is 0.846 bits per heavy atom. The van der Waals surface area contributed by atoms with Gasteiger partial charge < -0.3 is 14.7 Å². The van der Waals surface area contributed by atoms with Gasteiger partial charge in [-0.2, -0.15) is 0 Å². The van der Waals surface area contributed by atoms with Gasteiger partial charge in [-0.05, 0) is 215 Å². The smallest absolute Gasteiger partial charge is 0.252 e. The molecule has 0 amide bonds. The van der Waals surface area contributed by atoms with Crippen LogP contribution in [0.3, 0.4) is 0 Å². The third-order valence-corrected chi connectivity index (χ3v) is 24.9. The van der Waals surface area contributed by atoms with Crippen LogP contribution in [0.15, 0.2) is 170 Å². The fourth-order valence-corrected chi connectivity index (χ4v) is 20.4. The number of aryl methyl sites for hydroxylation is 1. The summed E-state index contributed by atoms with van der Waals surface area (Å²) >= 11 is 0. The number of nitrogens with zero attached hydrogens (tertiary/aromatic N) is 3. The molecule has 0 radical (unpaired) electrons. The summed E-state index contributed by atoms with van der Waals surface area (Å²) in [7, 11) is 0. The van der Waals surface area contributed by atoms with E-state index in [1.807, 2.05) is 0 Å². The predicted octanol–water partition coefficient (Wildman–Crippen LogP) is 21.3. The molecule has 0 bridgehead atoms. The van der Waals surface area contributed by atoms with Gasteiger partial charge in [-0.1, -0.05) is 239 Å². The molecule has 9 aromatic rings. The first-order valence-electron chi connectivity index (χ1n) is 34.5. The zero-order chi connectivity index (χ0) is 63.9. The summed E-state index contributed by atoms with van der Waals surface area (Å²) in [5, 5.41) is 0. The molecule has 3 aliphatic heterocycles. The highest BCUT2D eigenvalue weighted by Crippen LogP contribution is 2.64. The highest BCUT2D eigenvalue weighted by atomic mass is 15.3. The minimum atomic E-state index is -0.252. The van der Waals surface area contributed by atoms with E-state index in [9.17, 15) is 0 Å². The lowest BCUT2D eigenvalue weighted by atomic mass is 9.33. The number of anilines is 8. The third kappa shape index (κ3) is 8.05. The third-order valence-electron chi connectivity index (χ3n) is 24.9. The Labute approximate surface area is 545 Å². The molecule has 91 heavy (non-hydrogen) atoms. The highest BCUT2D eigenvalue weighted by Gasteiger charge is 2.59. The summed E-state index contributed by atoms with van der Waals surface area (Å²) in [6.45, 7) is 44.8. The summed E-state index contributed by atoms with van der Waals surface area (Å²) in [4.78, 5) is 8.51. The van der Waals surface area contributed by atoms with Gasteiger partial charge in [-0.3, -0.25) is 0 Å². The number of fused-ring (bicyclic) bond motifs is 11. The van der Waals surface area contributed by atoms with Crippen molar-refractivity contribution in [2.75, 3.05) is 14.7 Å². The van der Waals surface area contributed by atoms with Crippen LogP contribution in [-0.2, 0) is 43.3 Å². The van der Waals surface area contributed by atoms with Crippen LogP contribution in [0.5, 0.6) is 0 Å². The maximum atomic E-state index is 2.88. The highest BCUT2D eigenvalue weighted by molar-refractivity contribution is 7.00. The molecule has 4 aliphatic carbocycles. The van der Waals surface area contributed by atoms with Crippen molar-refractivity contribution in [3.05, 3.63) is 231 Å². The molecule has 0 aromatic heterocycles. The number of rotatable bonds is 5. The van der Waals surface area contributed by atoms with Crippen molar-refractivity contribution in [1.29, 1.82) is 0 Å². The SMILES string of the molecule is Cc1cc2c(cc1N1c3cc4c(cc3B3c5cc6c(cc5N(c5ccc(C(C)(C)C)cc5-c5ccccc5)c5cc(N7c8ccc(-c9ccccc9)cc8C8(C)CCCCC78C)cc1c53)C(C)(C)CC6(C)C)C(C)(C)CC4(C)C)C(C)(C)c1ccccc1C2(C)C. The van der Waals surface area contributed by atoms with E-state index in [0.717, 1.165) is 25.7 Å². The summed E-state index contributed by atoms with van der Waals surface area (Å²) in [5.41, 5.74) is 34.4. The lowest BCUT2D eigenvalue weighted by Crippen LogP contribution is -2.62. The molecule has 9 aromatic carbocycles. The lowest BCUT2D eigenvalue weighted by molar-refractivity contribution is 0.195. The average Bonchev–Trinajstić information content (AvgIpc) is 1.68. The van der Waals surface area contributed by atoms with Crippen molar-refractivity contribution in [1.82, 2.24) is 0 Å². The van der Waals surface area contributed by atoms with Crippen LogP contribution >= 0.6 is 0 Å². The summed E-state index contributed by atoms with van der Waals surface area (Å²) in [6.07, 6.45) is 6.84. The molecule has 2 atom stereocenters. The molecule has 3 heterocycles. The van der Waals surface area contributed by atoms with Gasteiger partial charge in [0.1, 0.15) is 0 Å². The first kappa shape index (κ1) is 58.5. The second-order valence-electron chi connectivity index (χ2n) is 34.4. The molecule has 0 spiro atoms. The number of hydrogen-bond acceptors (Lipinski definition) is 3. The number of benzene rings is 9. The maximum absolute atomic E-state index is 2.88. The van der Waals surface area contributed by atoms with E-state index in [2.05, 4.69) is 309 Å². The Kier molecular flexibility index (Phi) is 12.1. The minimum absolute atomic E-state index is 0.0190. The van der Waals surface area contributed by atoms with E-state index in [1.54, 1.807) is 0 Å². The van der Waals surface area contributed by atoms with Crippen LogP contribution in [0.1, 0.15) is 217 Å². The summed E-state index contributed by atoms with van der Waals surface area (Å²) in [6, 6.07) is 68.4. The molecule has 0 saturated heterocycles. The molecule has 16 rings (SSSR count). The van der Waals surface area contributed by atoms with Crippen molar-refractivity contribution in [3.63, 3.8) is 0 Å². The van der Waals surface area contributed by atoms with Gasteiger partial charge in [0.2, 0.25) is 0 Å². The number of hydrogen-bond donors (Lipinski definition) is 0. The molecule has 7 aliphatic rings. The van der Waals surface area contributed by atoms with Crippen molar-refractivity contribution in [2.24, 2.45) is 0 Å². The molecule has 1 saturated carbocycles. The van der Waals surface area contributed by atoms with Crippen LogP contribution < -0.4 is 31.1 Å². The Morgan fingerprint density at radius 3 is 1.40 bits per heavy atom. The van der Waals surface area contributed by atoms with E-state index in [-0.39, 0.29) is 55.6 Å². The zero-order valence-corrected chi connectivity index (χ0v) is 57.8. The second kappa shape index (κ2) is 18.8. The van der Waals surface area contributed by atoms with Crippen LogP contribution in [0.2, 0.25) is 0 Å². The summed E-state index contributed by atoms with van der Waals surface area (Å²) in [5.74, 6) is 0. The van der Waals surface area contributed by atoms with Crippen molar-refractivity contribution >= 4 is 68.6 Å². The first-order valence-corrected chi connectivity index (χ1v) is 34.5. The fourth-order valence-electron chi connectivity index (χ4n) is 20.4. The first-order chi connectivity index (χ1) is 42.9. The molecule has 2 unspecified atom stereocenters. The van der Waals surface area contributed by atoms with Crippen LogP contribution in [0.4, 0.5) is 45.5 Å². The van der Waals surface area contributed by atoms with Crippen LogP contribution in [-0.4, -0.2) is 12.3 Å². The van der Waals surface area contributed by atoms with Gasteiger partial charge in [-0.15, -0.1) is 0 Å². The Balaban J connectivity index is 1.08. The molecule has 3 nitrogen and oxygen atoms in total. The van der Waals surface area contributed by atoms with E-state index in [0.29, 0.717) is 0 Å². The van der Waals surface area contributed by atoms with Gasteiger partial charge in [0, 0.05) is 61.6 Å². The predicted molar refractivity (Wildman–Crippen MR) is 390 cm³/mol. The van der Waals surface area contributed by atoms with Gasteiger partial charge in [0.25, 0.3) is 6.71 Å². The topological polar surface area (TPSA) is 9.72 Å². The monoisotopic (exact) mass is 1190 g/mol. The van der Waals surface area contributed by atoms with Crippen molar-refractivity contribution in [2.45, 2.75) is 212 Å². The van der Waals surface area contributed by atoms with Gasteiger partial charge >= 0.3 is 0 Å². The van der Waals surface area contributed by atoms with Crippen molar-refractivity contribution in [3.8, 4) is 22.3 Å². The molecular weight excluding hydrogens is 1100 g/mol. The lowest BCUT2D eigenvalue weighted by Gasteiger charge is -2.51. The van der Waals surface area contributed by atoms with E-state index in [4.69, 9.17) is 0 Å². The quantitative estimate of drug-likeness (QED) is 0.159. The van der Waals surface area contributed by atoms with Gasteiger partial charge in [-0.25, -0.2) is 0 Å². The van der Waals surface area contributed by atoms with Gasteiger partial charge in [0.05, 0.1) is 11.2 Å². The fraction of sp³-hybridized carbons (Fsp3) is 0.379. The average molecular weight is 1190 g/mol. The molecule has 1 fully saturated rings.